The first-order chi connectivity index (χ1) is 25.1. The minimum atomic E-state index is -0.0304. The van der Waals surface area contributed by atoms with E-state index >= 15 is 0 Å². The molecule has 0 fully saturated rings. The smallest absolute Gasteiger partial charge is 0.0159 e. The molecule has 1 aliphatic carbocycles. The molecule has 0 saturated heterocycles. The largest absolute Gasteiger partial charge is 0.0683 e. The molecule has 0 radical (unpaired) electrons. The van der Waals surface area contributed by atoms with Crippen molar-refractivity contribution in [2.24, 2.45) is 0 Å². The molecule has 0 atom stereocenters. The molecule has 9 aromatic rings. The van der Waals surface area contributed by atoms with Crippen molar-refractivity contribution in [2.45, 2.75) is 33.1 Å². The van der Waals surface area contributed by atoms with Crippen molar-refractivity contribution in [1.29, 1.82) is 0 Å². The summed E-state index contributed by atoms with van der Waals surface area (Å²) in [5.41, 5.74) is 13.1. The molecule has 0 saturated carbocycles. The Morgan fingerprint density at radius 3 is 1.43 bits per heavy atom. The summed E-state index contributed by atoms with van der Waals surface area (Å²) in [4.78, 5) is 0. The van der Waals surface area contributed by atoms with E-state index in [1.54, 1.807) is 0 Å². The van der Waals surface area contributed by atoms with Crippen molar-refractivity contribution in [2.75, 3.05) is 0 Å². The minimum absolute atomic E-state index is 0.0304. The molecule has 51 heavy (non-hydrogen) atoms. The Bertz CT molecular complexity index is 2720. The van der Waals surface area contributed by atoms with Crippen LogP contribution in [0.15, 0.2) is 170 Å². The van der Waals surface area contributed by atoms with Crippen LogP contribution in [0.1, 0.15) is 38.8 Å². The lowest BCUT2D eigenvalue weighted by Gasteiger charge is -2.21. The summed E-state index contributed by atoms with van der Waals surface area (Å²) in [7, 11) is 0. The van der Waals surface area contributed by atoms with Gasteiger partial charge in [-0.15, -0.1) is 0 Å². The molecule has 10 rings (SSSR count). The highest BCUT2D eigenvalue weighted by Gasteiger charge is 2.36. The number of rotatable bonds is 3. The van der Waals surface area contributed by atoms with Crippen LogP contribution < -0.4 is 0 Å². The Morgan fingerprint density at radius 1 is 0.314 bits per heavy atom. The lowest BCUT2D eigenvalue weighted by atomic mass is 9.82. The molecule has 0 unspecified atom stereocenters. The quantitative estimate of drug-likeness (QED) is 0.167. The highest BCUT2D eigenvalue weighted by molar-refractivity contribution is 6.23. The molecule has 0 N–H and O–H groups in total. The topological polar surface area (TPSA) is 0 Å². The van der Waals surface area contributed by atoms with Gasteiger partial charge in [0.1, 0.15) is 0 Å². The van der Waals surface area contributed by atoms with Crippen LogP contribution in [0.2, 0.25) is 0 Å². The Morgan fingerprint density at radius 2 is 0.784 bits per heavy atom. The van der Waals surface area contributed by atoms with E-state index in [4.69, 9.17) is 0 Å². The van der Waals surface area contributed by atoms with Gasteiger partial charge in [-0.25, -0.2) is 0 Å². The second-order valence-corrected chi connectivity index (χ2v) is 14.0. The Balaban J connectivity index is 0.00000171. The SMILES string of the molecule is CC.CC1(C)c2ccc(-c3ccc(-c4c5ccccc5c(-c5cccc6ccccc56)c5ccccc45)cc3)cc2-c2c1ccc1ccccc21. The van der Waals surface area contributed by atoms with E-state index in [2.05, 4.69) is 184 Å². The highest BCUT2D eigenvalue weighted by Crippen LogP contribution is 2.52. The maximum absolute atomic E-state index is 2.42. The van der Waals surface area contributed by atoms with Crippen molar-refractivity contribution in [3.05, 3.63) is 181 Å². The Hall–Kier alpha value is -5.98. The van der Waals surface area contributed by atoms with Gasteiger partial charge in [-0.3, -0.25) is 0 Å². The van der Waals surface area contributed by atoms with Gasteiger partial charge in [0.2, 0.25) is 0 Å². The molecule has 0 spiro atoms. The molecule has 0 heteroatoms. The second-order valence-electron chi connectivity index (χ2n) is 14.0. The Labute approximate surface area is 300 Å². The molecule has 0 aromatic heterocycles. The van der Waals surface area contributed by atoms with Crippen LogP contribution in [0.5, 0.6) is 0 Å². The van der Waals surface area contributed by atoms with Crippen LogP contribution in [0.3, 0.4) is 0 Å². The van der Waals surface area contributed by atoms with Crippen molar-refractivity contribution in [3.8, 4) is 44.5 Å². The summed E-state index contributed by atoms with van der Waals surface area (Å²) in [6, 6.07) is 63.1. The third-order valence-corrected chi connectivity index (χ3v) is 11.1. The van der Waals surface area contributed by atoms with Crippen LogP contribution in [-0.4, -0.2) is 0 Å². The zero-order chi connectivity index (χ0) is 34.7. The fraction of sp³-hybridized carbons (Fsp3) is 0.0980. The summed E-state index contributed by atoms with van der Waals surface area (Å²) in [5, 5.41) is 10.3. The maximum Gasteiger partial charge on any atom is 0.0159 e. The van der Waals surface area contributed by atoms with E-state index in [-0.39, 0.29) is 5.41 Å². The van der Waals surface area contributed by atoms with Crippen LogP contribution in [0.25, 0.3) is 87.6 Å². The fourth-order valence-corrected chi connectivity index (χ4v) is 8.71. The van der Waals surface area contributed by atoms with Crippen LogP contribution in [-0.2, 0) is 5.41 Å². The molecule has 0 amide bonds. The molecule has 0 nitrogen and oxygen atoms in total. The Kier molecular flexibility index (Phi) is 7.37. The molecule has 244 valence electrons. The van der Waals surface area contributed by atoms with E-state index in [0.717, 1.165) is 0 Å². The lowest BCUT2D eigenvalue weighted by Crippen LogP contribution is -2.14. The first-order valence-corrected chi connectivity index (χ1v) is 18.3. The minimum Gasteiger partial charge on any atom is -0.0683 e. The predicted molar refractivity (Wildman–Crippen MR) is 222 cm³/mol. The van der Waals surface area contributed by atoms with Gasteiger partial charge in [0.25, 0.3) is 0 Å². The van der Waals surface area contributed by atoms with Gasteiger partial charge >= 0.3 is 0 Å². The van der Waals surface area contributed by atoms with Crippen LogP contribution in [0.4, 0.5) is 0 Å². The summed E-state index contributed by atoms with van der Waals surface area (Å²) < 4.78 is 0. The number of fused-ring (bicyclic) bond motifs is 8. The van der Waals surface area contributed by atoms with Crippen LogP contribution in [0, 0.1) is 0 Å². The molecule has 0 heterocycles. The van der Waals surface area contributed by atoms with Gasteiger partial charge in [-0.1, -0.05) is 191 Å². The molecular weight excluding hydrogens is 613 g/mol. The normalized spacial score (nSPS) is 12.9. The third kappa shape index (κ3) is 4.74. The maximum atomic E-state index is 2.42. The molecule has 0 bridgehead atoms. The van der Waals surface area contributed by atoms with Gasteiger partial charge in [-0.2, -0.15) is 0 Å². The predicted octanol–water partition coefficient (Wildman–Crippen LogP) is 14.6. The van der Waals surface area contributed by atoms with Crippen molar-refractivity contribution < 1.29 is 0 Å². The molecular formula is C51H40. The molecule has 0 aliphatic heterocycles. The second kappa shape index (κ2) is 12.1. The van der Waals surface area contributed by atoms with E-state index < -0.39 is 0 Å². The van der Waals surface area contributed by atoms with Gasteiger partial charge in [0, 0.05) is 5.41 Å². The zero-order valence-electron chi connectivity index (χ0n) is 29.7. The summed E-state index contributed by atoms with van der Waals surface area (Å²) >= 11 is 0. The van der Waals surface area contributed by atoms with E-state index in [0.29, 0.717) is 0 Å². The third-order valence-electron chi connectivity index (χ3n) is 11.1. The first-order valence-electron chi connectivity index (χ1n) is 18.3. The van der Waals surface area contributed by atoms with Crippen molar-refractivity contribution in [3.63, 3.8) is 0 Å². The average molecular weight is 653 g/mol. The first kappa shape index (κ1) is 31.0. The zero-order valence-corrected chi connectivity index (χ0v) is 29.7. The monoisotopic (exact) mass is 652 g/mol. The number of benzene rings is 9. The summed E-state index contributed by atoms with van der Waals surface area (Å²) in [6.45, 7) is 8.72. The lowest BCUT2D eigenvalue weighted by molar-refractivity contribution is 0.661. The van der Waals surface area contributed by atoms with Gasteiger partial charge in [-0.05, 0) is 105 Å². The standard InChI is InChI=1S/C49H34.C2H6/c1-49(2)44-28-27-35(30-43(44)48-37-16-6-4-13-33(37)26-29-45(48)49)31-22-24-34(25-23-31)46-39-17-7-9-19-41(39)47(42-20-10-8-18-40(42)46)38-21-11-14-32-12-3-5-15-36(32)38;1-2/h3-30H,1-2H3;1-2H3. The van der Waals surface area contributed by atoms with Gasteiger partial charge < -0.3 is 0 Å². The highest BCUT2D eigenvalue weighted by atomic mass is 14.4. The van der Waals surface area contributed by atoms with Crippen molar-refractivity contribution in [1.82, 2.24) is 0 Å². The van der Waals surface area contributed by atoms with Crippen LogP contribution >= 0.6 is 0 Å². The van der Waals surface area contributed by atoms with E-state index in [1.807, 2.05) is 13.8 Å². The number of hydrogen-bond acceptors (Lipinski definition) is 0. The summed E-state index contributed by atoms with van der Waals surface area (Å²) in [5.74, 6) is 0. The average Bonchev–Trinajstić information content (AvgIpc) is 3.43. The van der Waals surface area contributed by atoms with Crippen molar-refractivity contribution >= 4 is 43.1 Å². The fourth-order valence-electron chi connectivity index (χ4n) is 8.71. The molecule has 1 aliphatic rings. The number of hydrogen-bond donors (Lipinski definition) is 0. The van der Waals surface area contributed by atoms with E-state index in [9.17, 15) is 0 Å². The summed E-state index contributed by atoms with van der Waals surface area (Å²) in [6.07, 6.45) is 0. The van der Waals surface area contributed by atoms with E-state index in [1.165, 1.54) is 98.7 Å². The molecule has 9 aromatic carbocycles. The van der Waals surface area contributed by atoms with Gasteiger partial charge in [0.15, 0.2) is 0 Å². The van der Waals surface area contributed by atoms with Gasteiger partial charge in [0.05, 0.1) is 0 Å².